The molecule has 1 heterocycles. The van der Waals surface area contributed by atoms with Gasteiger partial charge in [0.1, 0.15) is 6.61 Å². The van der Waals surface area contributed by atoms with E-state index in [1.807, 2.05) is 0 Å². The van der Waals surface area contributed by atoms with Crippen molar-refractivity contribution in [1.82, 2.24) is 10.2 Å². The van der Waals surface area contributed by atoms with Crippen molar-refractivity contribution in [2.75, 3.05) is 13.1 Å². The Morgan fingerprint density at radius 1 is 1.48 bits per heavy atom. The molecule has 0 bridgehead atoms. The van der Waals surface area contributed by atoms with Crippen LogP contribution in [0.25, 0.3) is 0 Å². The fourth-order valence-corrected chi connectivity index (χ4v) is 2.07. The van der Waals surface area contributed by atoms with Crippen molar-refractivity contribution in [3.63, 3.8) is 0 Å². The van der Waals surface area contributed by atoms with Gasteiger partial charge in [-0.15, -0.1) is 0 Å². The topological polar surface area (TPSA) is 102 Å². The van der Waals surface area contributed by atoms with E-state index in [1.54, 1.807) is 4.90 Å². The fraction of sp³-hybridized carbons (Fsp3) is 0.385. The van der Waals surface area contributed by atoms with Crippen LogP contribution in [0.5, 0.6) is 0 Å². The molecule has 0 spiro atoms. The minimum absolute atomic E-state index is 0.0110. The highest BCUT2D eigenvalue weighted by atomic mass is 16.6. The van der Waals surface area contributed by atoms with E-state index in [-0.39, 0.29) is 18.3 Å². The lowest BCUT2D eigenvalue weighted by atomic mass is 10.2. The van der Waals surface area contributed by atoms with Crippen molar-refractivity contribution in [1.29, 1.82) is 0 Å². The number of alkyl carbamates (subject to hydrolysis) is 1. The Kier molecular flexibility index (Phi) is 4.70. The highest BCUT2D eigenvalue weighted by Crippen LogP contribution is 2.13. The van der Waals surface area contributed by atoms with Gasteiger partial charge >= 0.3 is 6.09 Å². The van der Waals surface area contributed by atoms with E-state index < -0.39 is 11.0 Å². The standard InChI is InChI=1S/C13H15N3O5/c17-9-15-6-5-11(7-15)14-13(18)21-8-10-1-3-12(4-2-10)16(19)20/h1-4,9,11H,5-8H2,(H,14,18). The predicted molar refractivity (Wildman–Crippen MR) is 72.5 cm³/mol. The van der Waals surface area contributed by atoms with Gasteiger partial charge in [0.05, 0.1) is 11.0 Å². The van der Waals surface area contributed by atoms with Gasteiger partial charge in [0.2, 0.25) is 6.41 Å². The number of nitro benzene ring substituents is 1. The summed E-state index contributed by atoms with van der Waals surface area (Å²) < 4.78 is 5.03. The van der Waals surface area contributed by atoms with Crippen LogP contribution in [0.4, 0.5) is 10.5 Å². The highest BCUT2D eigenvalue weighted by Gasteiger charge is 2.23. The molecular formula is C13H15N3O5. The van der Waals surface area contributed by atoms with Crippen molar-refractivity contribution in [2.24, 2.45) is 0 Å². The molecule has 0 radical (unpaired) electrons. The van der Waals surface area contributed by atoms with E-state index in [4.69, 9.17) is 4.74 Å². The quantitative estimate of drug-likeness (QED) is 0.496. The van der Waals surface area contributed by atoms with Gasteiger partial charge in [-0.1, -0.05) is 0 Å². The zero-order valence-electron chi connectivity index (χ0n) is 11.2. The molecule has 1 saturated heterocycles. The van der Waals surface area contributed by atoms with Crippen LogP contribution in [-0.4, -0.2) is 41.5 Å². The monoisotopic (exact) mass is 293 g/mol. The summed E-state index contributed by atoms with van der Waals surface area (Å²) in [4.78, 5) is 33.8. The second-order valence-corrected chi connectivity index (χ2v) is 4.73. The normalized spacial score (nSPS) is 17.3. The van der Waals surface area contributed by atoms with Gasteiger partial charge in [-0.05, 0) is 24.1 Å². The minimum Gasteiger partial charge on any atom is -0.445 e. The molecule has 0 aromatic heterocycles. The molecule has 1 aromatic rings. The number of hydrogen-bond acceptors (Lipinski definition) is 5. The van der Waals surface area contributed by atoms with Gasteiger partial charge < -0.3 is 15.0 Å². The zero-order chi connectivity index (χ0) is 15.2. The van der Waals surface area contributed by atoms with E-state index in [1.165, 1.54) is 24.3 Å². The van der Waals surface area contributed by atoms with E-state index in [0.717, 1.165) is 6.41 Å². The molecule has 21 heavy (non-hydrogen) atoms. The summed E-state index contributed by atoms with van der Waals surface area (Å²) in [5.74, 6) is 0. The largest absolute Gasteiger partial charge is 0.445 e. The molecule has 2 rings (SSSR count). The molecule has 1 N–H and O–H groups in total. The summed E-state index contributed by atoms with van der Waals surface area (Å²) >= 11 is 0. The van der Waals surface area contributed by atoms with E-state index in [9.17, 15) is 19.7 Å². The lowest BCUT2D eigenvalue weighted by Gasteiger charge is -2.13. The number of benzene rings is 1. The first-order valence-electron chi connectivity index (χ1n) is 6.44. The molecule has 1 unspecified atom stereocenters. The van der Waals surface area contributed by atoms with Crippen molar-refractivity contribution < 1.29 is 19.2 Å². The van der Waals surface area contributed by atoms with Gasteiger partial charge in [-0.25, -0.2) is 4.79 Å². The van der Waals surface area contributed by atoms with E-state index in [0.29, 0.717) is 25.1 Å². The Balaban J connectivity index is 1.76. The van der Waals surface area contributed by atoms with Crippen LogP contribution in [-0.2, 0) is 16.1 Å². The molecule has 0 saturated carbocycles. The number of carbonyl (C=O) groups excluding carboxylic acids is 2. The molecule has 1 aliphatic heterocycles. The number of amides is 2. The molecule has 2 amide bonds. The van der Waals surface area contributed by atoms with Gasteiger partial charge in [0.15, 0.2) is 0 Å². The molecule has 1 aromatic carbocycles. The van der Waals surface area contributed by atoms with Crippen molar-refractivity contribution >= 4 is 18.2 Å². The smallest absolute Gasteiger partial charge is 0.407 e. The van der Waals surface area contributed by atoms with Gasteiger partial charge in [-0.3, -0.25) is 14.9 Å². The number of carbonyl (C=O) groups is 2. The van der Waals surface area contributed by atoms with Crippen molar-refractivity contribution in [3.05, 3.63) is 39.9 Å². The summed E-state index contributed by atoms with van der Waals surface area (Å²) in [5.41, 5.74) is 0.653. The number of non-ortho nitro benzene ring substituents is 1. The number of likely N-dealkylation sites (tertiary alicyclic amines) is 1. The first-order valence-corrected chi connectivity index (χ1v) is 6.44. The van der Waals surface area contributed by atoms with Crippen LogP contribution in [0.15, 0.2) is 24.3 Å². The Morgan fingerprint density at radius 3 is 2.76 bits per heavy atom. The highest BCUT2D eigenvalue weighted by molar-refractivity contribution is 5.67. The minimum atomic E-state index is -0.564. The summed E-state index contributed by atoms with van der Waals surface area (Å²) in [6, 6.07) is 5.69. The Bertz CT molecular complexity index is 531. The lowest BCUT2D eigenvalue weighted by Crippen LogP contribution is -2.37. The molecule has 1 fully saturated rings. The van der Waals surface area contributed by atoms with Gasteiger partial charge in [0.25, 0.3) is 5.69 Å². The maximum absolute atomic E-state index is 11.6. The van der Waals surface area contributed by atoms with Crippen LogP contribution in [0, 0.1) is 10.1 Å². The third-order valence-electron chi connectivity index (χ3n) is 3.21. The zero-order valence-corrected chi connectivity index (χ0v) is 11.2. The molecule has 1 aliphatic rings. The average molecular weight is 293 g/mol. The first-order chi connectivity index (χ1) is 10.1. The van der Waals surface area contributed by atoms with Crippen LogP contribution < -0.4 is 5.32 Å². The third-order valence-corrected chi connectivity index (χ3v) is 3.21. The van der Waals surface area contributed by atoms with Gasteiger partial charge in [-0.2, -0.15) is 0 Å². The van der Waals surface area contributed by atoms with Gasteiger partial charge in [0, 0.05) is 25.2 Å². The fourth-order valence-electron chi connectivity index (χ4n) is 2.07. The SMILES string of the molecule is O=CN1CCC(NC(=O)OCc2ccc([N+](=O)[O-])cc2)C1. The molecule has 112 valence electrons. The van der Waals surface area contributed by atoms with Crippen LogP contribution in [0.2, 0.25) is 0 Å². The number of ether oxygens (including phenoxy) is 1. The molecule has 1 atom stereocenters. The first kappa shape index (κ1) is 14.8. The van der Waals surface area contributed by atoms with Crippen LogP contribution in [0.1, 0.15) is 12.0 Å². The average Bonchev–Trinajstić information content (AvgIpc) is 2.93. The Hall–Kier alpha value is -2.64. The van der Waals surface area contributed by atoms with Crippen molar-refractivity contribution in [3.8, 4) is 0 Å². The van der Waals surface area contributed by atoms with E-state index >= 15 is 0 Å². The molecule has 8 nitrogen and oxygen atoms in total. The number of rotatable bonds is 5. The predicted octanol–water partition coefficient (Wildman–Crippen LogP) is 1.05. The second kappa shape index (κ2) is 6.69. The molecule has 0 aliphatic carbocycles. The summed E-state index contributed by atoms with van der Waals surface area (Å²) in [7, 11) is 0. The molecular weight excluding hydrogens is 278 g/mol. The van der Waals surface area contributed by atoms with Crippen LogP contribution >= 0.6 is 0 Å². The lowest BCUT2D eigenvalue weighted by molar-refractivity contribution is -0.384. The Morgan fingerprint density at radius 2 is 2.19 bits per heavy atom. The number of nitrogens with zero attached hydrogens (tertiary/aromatic N) is 2. The summed E-state index contributed by atoms with van der Waals surface area (Å²) in [5, 5.41) is 13.2. The van der Waals surface area contributed by atoms with Crippen LogP contribution in [0.3, 0.4) is 0 Å². The maximum Gasteiger partial charge on any atom is 0.407 e. The number of hydrogen-bond donors (Lipinski definition) is 1. The maximum atomic E-state index is 11.6. The third kappa shape index (κ3) is 4.16. The number of nitrogens with one attached hydrogen (secondary N) is 1. The van der Waals surface area contributed by atoms with Crippen molar-refractivity contribution in [2.45, 2.75) is 19.1 Å². The Labute approximate surface area is 120 Å². The summed E-state index contributed by atoms with van der Waals surface area (Å²) in [6.07, 6.45) is 0.890. The molecule has 8 heteroatoms. The van der Waals surface area contributed by atoms with E-state index in [2.05, 4.69) is 5.32 Å². The number of nitro groups is 1. The summed E-state index contributed by atoms with van der Waals surface area (Å²) in [6.45, 7) is 1.14. The second-order valence-electron chi connectivity index (χ2n) is 4.73.